The molecule has 0 saturated carbocycles. The maximum absolute atomic E-state index is 12.4. The lowest BCUT2D eigenvalue weighted by molar-refractivity contribution is -0.117. The predicted octanol–water partition coefficient (Wildman–Crippen LogP) is 4.58. The number of para-hydroxylation sites is 1. The van der Waals surface area contributed by atoms with Crippen molar-refractivity contribution in [1.82, 2.24) is 4.98 Å². The van der Waals surface area contributed by atoms with Crippen molar-refractivity contribution < 1.29 is 9.59 Å². The number of halogens is 1. The fourth-order valence-electron chi connectivity index (χ4n) is 2.91. The fourth-order valence-corrected chi connectivity index (χ4v) is 3.08. The molecule has 0 bridgehead atoms. The van der Waals surface area contributed by atoms with Crippen LogP contribution in [0.2, 0.25) is 5.02 Å². The molecule has 0 spiro atoms. The van der Waals surface area contributed by atoms with Crippen molar-refractivity contribution >= 4 is 45.7 Å². The number of anilines is 2. The van der Waals surface area contributed by atoms with E-state index in [1.165, 1.54) is 6.92 Å². The van der Waals surface area contributed by atoms with Crippen molar-refractivity contribution in [2.24, 2.45) is 0 Å². The maximum atomic E-state index is 12.4. The Morgan fingerprint density at radius 2 is 1.93 bits per heavy atom. The number of aromatic nitrogens is 1. The van der Waals surface area contributed by atoms with Gasteiger partial charge in [-0.25, -0.2) is 0 Å². The average Bonchev–Trinajstić information content (AvgIpc) is 2.65. The predicted molar refractivity (Wildman–Crippen MR) is 109 cm³/mol. The van der Waals surface area contributed by atoms with Crippen LogP contribution in [0.3, 0.4) is 0 Å². The molecule has 1 heterocycles. The molecular weight excluding hydrogens is 362 g/mol. The molecule has 138 valence electrons. The van der Waals surface area contributed by atoms with Gasteiger partial charge in [0.05, 0.1) is 11.2 Å². The van der Waals surface area contributed by atoms with Crippen LogP contribution in [0, 0.1) is 6.92 Å². The number of pyridine rings is 1. The van der Waals surface area contributed by atoms with E-state index < -0.39 is 0 Å². The summed E-state index contributed by atoms with van der Waals surface area (Å²) < 4.78 is 0. The molecule has 3 aromatic rings. The lowest BCUT2D eigenvalue weighted by Crippen LogP contribution is -2.32. The first-order chi connectivity index (χ1) is 13.0. The zero-order valence-corrected chi connectivity index (χ0v) is 16.0. The third-order valence-electron chi connectivity index (χ3n) is 4.32. The van der Waals surface area contributed by atoms with Crippen LogP contribution in [0.1, 0.15) is 18.9 Å². The zero-order valence-electron chi connectivity index (χ0n) is 15.2. The van der Waals surface area contributed by atoms with E-state index in [0.29, 0.717) is 16.4 Å². The summed E-state index contributed by atoms with van der Waals surface area (Å²) in [6.07, 6.45) is 1.85. The summed E-state index contributed by atoms with van der Waals surface area (Å²) in [4.78, 5) is 30.6. The number of fused-ring (bicyclic) bond motifs is 1. The average molecular weight is 382 g/mol. The molecule has 2 amide bonds. The number of carbonyl (C=O) groups is 2. The minimum Gasteiger partial charge on any atom is -0.326 e. The van der Waals surface area contributed by atoms with Crippen LogP contribution in [-0.4, -0.2) is 23.3 Å². The highest BCUT2D eigenvalue weighted by atomic mass is 35.5. The van der Waals surface area contributed by atoms with Crippen molar-refractivity contribution in [3.05, 3.63) is 65.3 Å². The molecule has 5 nitrogen and oxygen atoms in total. The normalized spacial score (nSPS) is 10.6. The van der Waals surface area contributed by atoms with Gasteiger partial charge in [-0.15, -0.1) is 0 Å². The number of nitrogens with one attached hydrogen (secondary N) is 1. The minimum absolute atomic E-state index is 0.139. The summed E-state index contributed by atoms with van der Waals surface area (Å²) in [6, 6.07) is 14.8. The first-order valence-electron chi connectivity index (χ1n) is 8.63. The number of nitrogens with zero attached hydrogens (tertiary/aromatic N) is 2. The highest BCUT2D eigenvalue weighted by Crippen LogP contribution is 2.25. The summed E-state index contributed by atoms with van der Waals surface area (Å²) in [5.74, 6) is -0.320. The molecule has 1 aromatic heterocycles. The van der Waals surface area contributed by atoms with E-state index in [1.54, 1.807) is 23.2 Å². The molecular formula is C21H20ClN3O2. The first kappa shape index (κ1) is 18.9. The molecule has 0 aliphatic heterocycles. The monoisotopic (exact) mass is 381 g/mol. The van der Waals surface area contributed by atoms with E-state index in [2.05, 4.69) is 10.3 Å². The molecule has 0 aliphatic rings. The van der Waals surface area contributed by atoms with Crippen LogP contribution < -0.4 is 10.2 Å². The number of hydrogen-bond donors (Lipinski definition) is 1. The first-order valence-corrected chi connectivity index (χ1v) is 9.01. The number of rotatable bonds is 5. The van der Waals surface area contributed by atoms with Crippen LogP contribution in [0.5, 0.6) is 0 Å². The van der Waals surface area contributed by atoms with E-state index in [1.807, 2.05) is 43.3 Å². The van der Waals surface area contributed by atoms with Gasteiger partial charge in [0.15, 0.2) is 0 Å². The van der Waals surface area contributed by atoms with E-state index in [0.717, 1.165) is 16.5 Å². The lowest BCUT2D eigenvalue weighted by atomic mass is 10.1. The van der Waals surface area contributed by atoms with Crippen LogP contribution in [-0.2, 0) is 9.59 Å². The van der Waals surface area contributed by atoms with Crippen LogP contribution in [0.25, 0.3) is 10.9 Å². The molecule has 0 radical (unpaired) electrons. The summed E-state index contributed by atoms with van der Waals surface area (Å²) in [6.45, 7) is 3.65. The van der Waals surface area contributed by atoms with Crippen LogP contribution >= 0.6 is 11.6 Å². The van der Waals surface area contributed by atoms with Gasteiger partial charge in [0.1, 0.15) is 0 Å². The summed E-state index contributed by atoms with van der Waals surface area (Å²) in [7, 11) is 0. The molecule has 0 aliphatic carbocycles. The number of aryl methyl sites for hydroxylation is 1. The molecule has 0 unspecified atom stereocenters. The van der Waals surface area contributed by atoms with Crippen LogP contribution in [0.15, 0.2) is 54.7 Å². The van der Waals surface area contributed by atoms with Gasteiger partial charge in [-0.2, -0.15) is 0 Å². The topological polar surface area (TPSA) is 62.3 Å². The largest absolute Gasteiger partial charge is 0.326 e. The Morgan fingerprint density at radius 1 is 1.15 bits per heavy atom. The van der Waals surface area contributed by atoms with Gasteiger partial charge in [0, 0.05) is 42.2 Å². The summed E-state index contributed by atoms with van der Waals surface area (Å²) >= 11 is 5.99. The van der Waals surface area contributed by atoms with E-state index in [-0.39, 0.29) is 24.8 Å². The number of amides is 2. The Bertz CT molecular complexity index is 998. The van der Waals surface area contributed by atoms with Crippen molar-refractivity contribution in [2.75, 3.05) is 16.8 Å². The minimum atomic E-state index is -0.181. The van der Waals surface area contributed by atoms with Gasteiger partial charge >= 0.3 is 0 Å². The summed E-state index contributed by atoms with van der Waals surface area (Å²) in [5, 5.41) is 4.36. The quantitative estimate of drug-likeness (QED) is 0.703. The SMILES string of the molecule is CC(=O)N(CCC(=O)Nc1cc(Cl)ccc1C)c1cccc2cccnc12. The van der Waals surface area contributed by atoms with Crippen molar-refractivity contribution in [3.8, 4) is 0 Å². The highest BCUT2D eigenvalue weighted by molar-refractivity contribution is 6.31. The molecule has 6 heteroatoms. The number of carbonyl (C=O) groups excluding carboxylic acids is 2. The Hall–Kier alpha value is -2.92. The van der Waals surface area contributed by atoms with E-state index >= 15 is 0 Å². The van der Waals surface area contributed by atoms with Gasteiger partial charge in [-0.3, -0.25) is 14.6 Å². The second kappa shape index (κ2) is 8.18. The highest BCUT2D eigenvalue weighted by Gasteiger charge is 2.17. The molecule has 0 atom stereocenters. The second-order valence-electron chi connectivity index (χ2n) is 6.28. The Labute approximate surface area is 163 Å². The maximum Gasteiger partial charge on any atom is 0.226 e. The molecule has 1 N–H and O–H groups in total. The third-order valence-corrected chi connectivity index (χ3v) is 4.55. The summed E-state index contributed by atoms with van der Waals surface area (Å²) in [5.41, 5.74) is 3.04. The Kier molecular flexibility index (Phi) is 5.72. The standard InChI is InChI=1S/C21H20ClN3O2/c1-14-8-9-17(22)13-18(14)24-20(27)10-12-25(15(2)26)19-7-3-5-16-6-4-11-23-21(16)19/h3-9,11,13H,10,12H2,1-2H3,(H,24,27). The third kappa shape index (κ3) is 4.44. The fraction of sp³-hybridized carbons (Fsp3) is 0.190. The zero-order chi connectivity index (χ0) is 19.4. The number of hydrogen-bond acceptors (Lipinski definition) is 3. The Balaban J connectivity index is 1.76. The van der Waals surface area contributed by atoms with Gasteiger partial charge < -0.3 is 10.2 Å². The van der Waals surface area contributed by atoms with Gasteiger partial charge in [-0.05, 0) is 36.8 Å². The molecule has 2 aromatic carbocycles. The van der Waals surface area contributed by atoms with Crippen molar-refractivity contribution in [1.29, 1.82) is 0 Å². The van der Waals surface area contributed by atoms with Crippen molar-refractivity contribution in [3.63, 3.8) is 0 Å². The lowest BCUT2D eigenvalue weighted by Gasteiger charge is -2.22. The van der Waals surface area contributed by atoms with Crippen LogP contribution in [0.4, 0.5) is 11.4 Å². The van der Waals surface area contributed by atoms with E-state index in [4.69, 9.17) is 11.6 Å². The molecule has 27 heavy (non-hydrogen) atoms. The molecule has 3 rings (SSSR count). The molecule has 0 saturated heterocycles. The van der Waals surface area contributed by atoms with E-state index in [9.17, 15) is 9.59 Å². The molecule has 0 fully saturated rings. The van der Waals surface area contributed by atoms with Crippen molar-refractivity contribution in [2.45, 2.75) is 20.3 Å². The smallest absolute Gasteiger partial charge is 0.226 e. The second-order valence-corrected chi connectivity index (χ2v) is 6.72. The van der Waals surface area contributed by atoms with Gasteiger partial charge in [0.25, 0.3) is 0 Å². The number of benzene rings is 2. The van der Waals surface area contributed by atoms with Gasteiger partial charge in [-0.1, -0.05) is 35.9 Å². The Morgan fingerprint density at radius 3 is 2.70 bits per heavy atom. The van der Waals surface area contributed by atoms with Gasteiger partial charge in [0.2, 0.25) is 11.8 Å².